The first-order valence-electron chi connectivity index (χ1n) is 5.78. The highest BCUT2D eigenvalue weighted by atomic mass is 16.3. The number of aliphatic hydroxyl groups is 1. The zero-order valence-corrected chi connectivity index (χ0v) is 9.35. The maximum Gasteiger partial charge on any atom is 0.261 e. The summed E-state index contributed by atoms with van der Waals surface area (Å²) < 4.78 is 0. The zero-order valence-electron chi connectivity index (χ0n) is 9.35. The van der Waals surface area contributed by atoms with Crippen LogP contribution >= 0.6 is 0 Å². The van der Waals surface area contributed by atoms with E-state index >= 15 is 0 Å². The summed E-state index contributed by atoms with van der Waals surface area (Å²) in [5, 5.41) is 10.0. The van der Waals surface area contributed by atoms with Crippen molar-refractivity contribution in [1.82, 2.24) is 4.90 Å². The lowest BCUT2D eigenvalue weighted by atomic mass is 9.80. The van der Waals surface area contributed by atoms with Crippen molar-refractivity contribution in [2.24, 2.45) is 0 Å². The molecule has 4 heteroatoms. The number of nitrogens with zero attached hydrogens (tertiary/aromatic N) is 1. The molecular weight excluding hydrogens is 218 g/mol. The summed E-state index contributed by atoms with van der Waals surface area (Å²) >= 11 is 0. The Bertz CT molecular complexity index is 470. The molecule has 0 radical (unpaired) electrons. The highest BCUT2D eigenvalue weighted by Gasteiger charge is 2.43. The lowest BCUT2D eigenvalue weighted by molar-refractivity contribution is -0.0486. The molecule has 0 atom stereocenters. The van der Waals surface area contributed by atoms with Gasteiger partial charge in [-0.3, -0.25) is 14.5 Å². The lowest BCUT2D eigenvalue weighted by Gasteiger charge is -2.38. The van der Waals surface area contributed by atoms with Crippen molar-refractivity contribution in [3.8, 4) is 0 Å². The molecule has 1 saturated carbocycles. The van der Waals surface area contributed by atoms with Crippen LogP contribution in [0.1, 0.15) is 40.0 Å². The smallest absolute Gasteiger partial charge is 0.261 e. The molecule has 4 nitrogen and oxygen atoms in total. The van der Waals surface area contributed by atoms with E-state index in [-0.39, 0.29) is 18.4 Å². The topological polar surface area (TPSA) is 57.6 Å². The number of rotatable bonds is 2. The molecule has 0 saturated heterocycles. The van der Waals surface area contributed by atoms with Crippen LogP contribution in [-0.4, -0.2) is 34.0 Å². The van der Waals surface area contributed by atoms with Crippen LogP contribution < -0.4 is 0 Å². The fourth-order valence-electron chi connectivity index (χ4n) is 2.42. The van der Waals surface area contributed by atoms with Crippen molar-refractivity contribution in [3.63, 3.8) is 0 Å². The summed E-state index contributed by atoms with van der Waals surface area (Å²) in [6.07, 6.45) is 2.29. The fourth-order valence-corrected chi connectivity index (χ4v) is 2.42. The molecule has 1 aromatic carbocycles. The van der Waals surface area contributed by atoms with Gasteiger partial charge in [0.2, 0.25) is 0 Å². The summed E-state index contributed by atoms with van der Waals surface area (Å²) in [7, 11) is 0. The molecule has 1 N–H and O–H groups in total. The highest BCUT2D eigenvalue weighted by molar-refractivity contribution is 6.21. The van der Waals surface area contributed by atoms with Crippen molar-refractivity contribution in [2.75, 3.05) is 6.54 Å². The first-order chi connectivity index (χ1) is 8.11. The van der Waals surface area contributed by atoms with Gasteiger partial charge >= 0.3 is 0 Å². The number of hydrogen-bond acceptors (Lipinski definition) is 3. The van der Waals surface area contributed by atoms with Crippen LogP contribution in [0.25, 0.3) is 0 Å². The Hall–Kier alpha value is -1.68. The lowest BCUT2D eigenvalue weighted by Crippen LogP contribution is -2.49. The van der Waals surface area contributed by atoms with Crippen molar-refractivity contribution >= 4 is 11.8 Å². The van der Waals surface area contributed by atoms with Gasteiger partial charge in [-0.2, -0.15) is 0 Å². The Morgan fingerprint density at radius 3 is 2.06 bits per heavy atom. The SMILES string of the molecule is O=C1c2ccccc2C(=O)N1CC1(O)CCC1. The zero-order chi connectivity index (χ0) is 12.0. The van der Waals surface area contributed by atoms with Gasteiger partial charge in [-0.1, -0.05) is 12.1 Å². The Balaban J connectivity index is 1.90. The van der Waals surface area contributed by atoms with E-state index in [9.17, 15) is 14.7 Å². The molecule has 2 amide bonds. The minimum Gasteiger partial charge on any atom is -0.388 e. The quantitative estimate of drug-likeness (QED) is 0.778. The summed E-state index contributed by atoms with van der Waals surface area (Å²) in [6, 6.07) is 6.79. The average molecular weight is 231 g/mol. The highest BCUT2D eigenvalue weighted by Crippen LogP contribution is 2.34. The number of carbonyl (C=O) groups excluding carboxylic acids is 2. The van der Waals surface area contributed by atoms with Gasteiger partial charge in [-0.25, -0.2) is 0 Å². The summed E-state index contributed by atoms with van der Waals surface area (Å²) in [4.78, 5) is 25.2. The van der Waals surface area contributed by atoms with Crippen LogP contribution in [0.4, 0.5) is 0 Å². The normalized spacial score (nSPS) is 21.4. The second kappa shape index (κ2) is 3.40. The molecule has 1 aliphatic carbocycles. The van der Waals surface area contributed by atoms with Gasteiger partial charge in [0.1, 0.15) is 0 Å². The van der Waals surface area contributed by atoms with Gasteiger partial charge in [0.15, 0.2) is 0 Å². The first-order valence-corrected chi connectivity index (χ1v) is 5.78. The van der Waals surface area contributed by atoms with Gasteiger partial charge < -0.3 is 5.11 Å². The van der Waals surface area contributed by atoms with Crippen molar-refractivity contribution in [3.05, 3.63) is 35.4 Å². The van der Waals surface area contributed by atoms with Crippen LogP contribution in [-0.2, 0) is 0 Å². The number of fused-ring (bicyclic) bond motifs is 1. The number of imide groups is 1. The van der Waals surface area contributed by atoms with Crippen molar-refractivity contribution < 1.29 is 14.7 Å². The van der Waals surface area contributed by atoms with E-state index in [1.807, 2.05) is 0 Å². The molecule has 17 heavy (non-hydrogen) atoms. The van der Waals surface area contributed by atoms with Crippen LogP contribution in [0, 0.1) is 0 Å². The molecule has 1 heterocycles. The van der Waals surface area contributed by atoms with Gasteiger partial charge in [-0.15, -0.1) is 0 Å². The molecule has 88 valence electrons. The largest absolute Gasteiger partial charge is 0.388 e. The van der Waals surface area contributed by atoms with Crippen molar-refractivity contribution in [2.45, 2.75) is 24.9 Å². The number of β-amino-alcohol motifs (C(OH)–C–C–N with tert-alkyl or cyclic N) is 1. The number of amides is 2. The second-order valence-corrected chi connectivity index (χ2v) is 4.82. The van der Waals surface area contributed by atoms with Crippen LogP contribution in [0.15, 0.2) is 24.3 Å². The third-order valence-electron chi connectivity index (χ3n) is 3.61. The molecule has 0 spiro atoms. The Morgan fingerprint density at radius 1 is 1.12 bits per heavy atom. The third kappa shape index (κ3) is 1.48. The van der Waals surface area contributed by atoms with Gasteiger partial charge in [0.25, 0.3) is 11.8 Å². The van der Waals surface area contributed by atoms with Crippen LogP contribution in [0.5, 0.6) is 0 Å². The Kier molecular flexibility index (Phi) is 2.10. The summed E-state index contributed by atoms with van der Waals surface area (Å²) in [5.74, 6) is -0.572. The third-order valence-corrected chi connectivity index (χ3v) is 3.61. The number of hydrogen-bond donors (Lipinski definition) is 1. The maximum atomic E-state index is 12.0. The predicted octanol–water partition coefficient (Wildman–Crippen LogP) is 1.20. The standard InChI is InChI=1S/C13H13NO3/c15-11-9-4-1-2-5-10(9)12(16)14(11)8-13(17)6-3-7-13/h1-2,4-5,17H,3,6-8H2. The molecule has 0 bridgehead atoms. The number of benzene rings is 1. The summed E-state index contributed by atoms with van der Waals surface area (Å²) in [6.45, 7) is 0.124. The molecule has 1 aliphatic heterocycles. The minimum atomic E-state index is -0.854. The van der Waals surface area contributed by atoms with E-state index in [0.29, 0.717) is 24.0 Å². The van der Waals surface area contributed by atoms with Gasteiger partial charge in [-0.05, 0) is 31.4 Å². The van der Waals surface area contributed by atoms with E-state index in [1.54, 1.807) is 24.3 Å². The average Bonchev–Trinajstić information content (AvgIpc) is 2.53. The Morgan fingerprint density at radius 2 is 1.65 bits per heavy atom. The van der Waals surface area contributed by atoms with E-state index in [4.69, 9.17) is 0 Å². The minimum absolute atomic E-state index is 0.124. The molecule has 1 aromatic rings. The van der Waals surface area contributed by atoms with Gasteiger partial charge in [0.05, 0.1) is 23.3 Å². The maximum absolute atomic E-state index is 12.0. The van der Waals surface area contributed by atoms with Crippen LogP contribution in [0.3, 0.4) is 0 Å². The van der Waals surface area contributed by atoms with E-state index < -0.39 is 5.60 Å². The van der Waals surface area contributed by atoms with E-state index in [1.165, 1.54) is 4.90 Å². The molecule has 3 rings (SSSR count). The van der Waals surface area contributed by atoms with E-state index in [2.05, 4.69) is 0 Å². The second-order valence-electron chi connectivity index (χ2n) is 4.82. The van der Waals surface area contributed by atoms with E-state index in [0.717, 1.165) is 6.42 Å². The fraction of sp³-hybridized carbons (Fsp3) is 0.385. The van der Waals surface area contributed by atoms with Crippen molar-refractivity contribution in [1.29, 1.82) is 0 Å². The summed E-state index contributed by atoms with van der Waals surface area (Å²) in [5.41, 5.74) is 0.0359. The predicted molar refractivity (Wildman–Crippen MR) is 60.6 cm³/mol. The molecule has 0 aromatic heterocycles. The van der Waals surface area contributed by atoms with Crippen LogP contribution in [0.2, 0.25) is 0 Å². The monoisotopic (exact) mass is 231 g/mol. The molecular formula is C13H13NO3. The number of carbonyl (C=O) groups is 2. The Labute approximate surface area is 98.9 Å². The molecule has 2 aliphatic rings. The molecule has 1 fully saturated rings. The first kappa shape index (κ1) is 10.5. The molecule has 0 unspecified atom stereocenters. The van der Waals surface area contributed by atoms with Gasteiger partial charge in [0, 0.05) is 0 Å².